The van der Waals surface area contributed by atoms with E-state index < -0.39 is 0 Å². The molecule has 0 saturated heterocycles. The summed E-state index contributed by atoms with van der Waals surface area (Å²) in [5.41, 5.74) is 1.78. The molecular weight excluding hydrogens is 295 g/mol. The molecular formula is C15H12Cl2N2O. The average molecular weight is 307 g/mol. The second kappa shape index (κ2) is 7.04. The van der Waals surface area contributed by atoms with Gasteiger partial charge in [0.1, 0.15) is 11.8 Å². The van der Waals surface area contributed by atoms with Crippen molar-refractivity contribution in [1.82, 2.24) is 0 Å². The van der Waals surface area contributed by atoms with Gasteiger partial charge >= 0.3 is 0 Å². The van der Waals surface area contributed by atoms with Crippen LogP contribution in [-0.4, -0.2) is 6.61 Å². The number of halogens is 2. The highest BCUT2D eigenvalue weighted by atomic mass is 35.5. The lowest BCUT2D eigenvalue weighted by atomic mass is 10.2. The van der Waals surface area contributed by atoms with Crippen molar-refractivity contribution < 1.29 is 4.74 Å². The molecule has 0 amide bonds. The number of hydrogen-bond acceptors (Lipinski definition) is 3. The van der Waals surface area contributed by atoms with Crippen LogP contribution in [0.2, 0.25) is 10.0 Å². The fraction of sp³-hybridized carbons (Fsp3) is 0.133. The van der Waals surface area contributed by atoms with Crippen LogP contribution in [0.4, 0.5) is 5.69 Å². The van der Waals surface area contributed by atoms with Crippen LogP contribution < -0.4 is 10.1 Å². The van der Waals surface area contributed by atoms with Crippen LogP contribution in [0.3, 0.4) is 0 Å². The monoisotopic (exact) mass is 306 g/mol. The first kappa shape index (κ1) is 14.5. The highest BCUT2D eigenvalue weighted by Crippen LogP contribution is 2.25. The number of anilines is 1. The van der Waals surface area contributed by atoms with Crippen LogP contribution >= 0.6 is 23.2 Å². The number of rotatable bonds is 5. The highest BCUT2D eigenvalue weighted by Gasteiger charge is 2.05. The minimum atomic E-state index is 0.0437. The van der Waals surface area contributed by atoms with E-state index in [2.05, 4.69) is 5.32 Å². The number of hydrogen-bond donors (Lipinski definition) is 1. The predicted octanol–water partition coefficient (Wildman–Crippen LogP) is 4.51. The van der Waals surface area contributed by atoms with Gasteiger partial charge in [0.2, 0.25) is 0 Å². The van der Waals surface area contributed by atoms with Crippen molar-refractivity contribution in [3.05, 3.63) is 58.1 Å². The van der Waals surface area contributed by atoms with E-state index in [1.165, 1.54) is 0 Å². The van der Waals surface area contributed by atoms with Crippen molar-refractivity contribution in [2.75, 3.05) is 11.9 Å². The third kappa shape index (κ3) is 3.80. The topological polar surface area (TPSA) is 45.0 Å². The van der Waals surface area contributed by atoms with Crippen molar-refractivity contribution >= 4 is 28.9 Å². The average Bonchev–Trinajstić information content (AvgIpc) is 2.46. The van der Waals surface area contributed by atoms with Gasteiger partial charge in [0.15, 0.2) is 6.61 Å². The van der Waals surface area contributed by atoms with E-state index in [-0.39, 0.29) is 6.61 Å². The third-order valence-electron chi connectivity index (χ3n) is 2.69. The van der Waals surface area contributed by atoms with Crippen LogP contribution in [0.5, 0.6) is 5.75 Å². The zero-order valence-corrected chi connectivity index (χ0v) is 12.1. The van der Waals surface area contributed by atoms with Crippen LogP contribution in [-0.2, 0) is 6.54 Å². The van der Waals surface area contributed by atoms with Crippen LogP contribution in [0.25, 0.3) is 0 Å². The summed E-state index contributed by atoms with van der Waals surface area (Å²) < 4.78 is 5.18. The van der Waals surface area contributed by atoms with Gasteiger partial charge in [0, 0.05) is 27.8 Å². The molecule has 0 radical (unpaired) electrons. The molecule has 0 aliphatic heterocycles. The van der Waals surface area contributed by atoms with E-state index in [1.54, 1.807) is 12.1 Å². The Morgan fingerprint density at radius 1 is 1.05 bits per heavy atom. The zero-order chi connectivity index (χ0) is 14.4. The van der Waals surface area contributed by atoms with E-state index in [0.29, 0.717) is 22.3 Å². The fourth-order valence-corrected chi connectivity index (χ4v) is 2.21. The molecule has 0 aliphatic carbocycles. The summed E-state index contributed by atoms with van der Waals surface area (Å²) in [5, 5.41) is 12.9. The number of nitrogens with zero attached hydrogens (tertiary/aromatic N) is 1. The largest absolute Gasteiger partial charge is 0.479 e. The Morgan fingerprint density at radius 3 is 2.30 bits per heavy atom. The van der Waals surface area contributed by atoms with E-state index in [9.17, 15) is 0 Å². The maximum absolute atomic E-state index is 8.43. The minimum Gasteiger partial charge on any atom is -0.479 e. The second-order valence-electron chi connectivity index (χ2n) is 4.02. The Kier molecular flexibility index (Phi) is 5.11. The Morgan fingerprint density at radius 2 is 1.70 bits per heavy atom. The Labute approximate surface area is 127 Å². The molecule has 0 bridgehead atoms. The Balaban J connectivity index is 1.99. The van der Waals surface area contributed by atoms with Crippen LogP contribution in [0.1, 0.15) is 5.56 Å². The number of ether oxygens (including phenoxy) is 1. The van der Waals surface area contributed by atoms with Crippen molar-refractivity contribution in [1.29, 1.82) is 5.26 Å². The quantitative estimate of drug-likeness (QED) is 0.884. The van der Waals surface area contributed by atoms with Gasteiger partial charge in [-0.2, -0.15) is 5.26 Å². The molecule has 0 spiro atoms. The standard InChI is InChI=1S/C15H12Cl2N2O/c16-14-2-1-3-15(17)13(14)10-19-11-4-6-12(7-5-11)20-9-8-18/h1-7,19H,9-10H2. The van der Waals surface area contributed by atoms with Crippen molar-refractivity contribution in [3.63, 3.8) is 0 Å². The lowest BCUT2D eigenvalue weighted by molar-refractivity contribution is 0.368. The van der Waals surface area contributed by atoms with Crippen LogP contribution in [0.15, 0.2) is 42.5 Å². The van der Waals surface area contributed by atoms with Gasteiger partial charge < -0.3 is 10.1 Å². The van der Waals surface area contributed by atoms with Gasteiger partial charge in [-0.05, 0) is 36.4 Å². The van der Waals surface area contributed by atoms with Crippen molar-refractivity contribution in [2.24, 2.45) is 0 Å². The van der Waals surface area contributed by atoms with Gasteiger partial charge in [0.25, 0.3) is 0 Å². The van der Waals surface area contributed by atoms with Crippen LogP contribution in [0, 0.1) is 11.3 Å². The van der Waals surface area contributed by atoms with Gasteiger partial charge in [-0.3, -0.25) is 0 Å². The van der Waals surface area contributed by atoms with Gasteiger partial charge in [-0.25, -0.2) is 0 Å². The highest BCUT2D eigenvalue weighted by molar-refractivity contribution is 6.36. The van der Waals surface area contributed by atoms with Gasteiger partial charge in [0.05, 0.1) is 0 Å². The molecule has 0 heterocycles. The molecule has 0 saturated carbocycles. The fourth-order valence-electron chi connectivity index (χ4n) is 1.68. The summed E-state index contributed by atoms with van der Waals surface area (Å²) in [4.78, 5) is 0. The molecule has 2 aromatic rings. The summed E-state index contributed by atoms with van der Waals surface area (Å²) in [6.07, 6.45) is 0. The molecule has 2 rings (SSSR count). The summed E-state index contributed by atoms with van der Waals surface area (Å²) in [7, 11) is 0. The second-order valence-corrected chi connectivity index (χ2v) is 4.84. The SMILES string of the molecule is N#CCOc1ccc(NCc2c(Cl)cccc2Cl)cc1. The summed E-state index contributed by atoms with van der Waals surface area (Å²) >= 11 is 12.2. The van der Waals surface area contributed by atoms with E-state index in [1.807, 2.05) is 36.4 Å². The number of nitriles is 1. The summed E-state index contributed by atoms with van der Waals surface area (Å²) in [5.74, 6) is 0.660. The molecule has 1 N–H and O–H groups in total. The third-order valence-corrected chi connectivity index (χ3v) is 3.40. The first-order chi connectivity index (χ1) is 9.70. The molecule has 3 nitrogen and oxygen atoms in total. The Hall–Kier alpha value is -1.89. The minimum absolute atomic E-state index is 0.0437. The maximum atomic E-state index is 8.43. The summed E-state index contributed by atoms with van der Waals surface area (Å²) in [6.45, 7) is 0.582. The lowest BCUT2D eigenvalue weighted by Crippen LogP contribution is -2.01. The predicted molar refractivity (Wildman–Crippen MR) is 81.3 cm³/mol. The molecule has 0 atom stereocenters. The van der Waals surface area contributed by atoms with Gasteiger partial charge in [-0.1, -0.05) is 29.3 Å². The first-order valence-electron chi connectivity index (χ1n) is 5.97. The Bertz CT molecular complexity index is 601. The number of benzene rings is 2. The molecule has 102 valence electrons. The van der Waals surface area contributed by atoms with Crippen molar-refractivity contribution in [2.45, 2.75) is 6.54 Å². The molecule has 20 heavy (non-hydrogen) atoms. The molecule has 2 aromatic carbocycles. The smallest absolute Gasteiger partial charge is 0.174 e. The van der Waals surface area contributed by atoms with Crippen molar-refractivity contribution in [3.8, 4) is 11.8 Å². The van der Waals surface area contributed by atoms with Gasteiger partial charge in [-0.15, -0.1) is 0 Å². The van der Waals surface area contributed by atoms with E-state index in [4.69, 9.17) is 33.2 Å². The molecule has 0 aromatic heterocycles. The molecule has 0 unspecified atom stereocenters. The molecule has 0 fully saturated rings. The lowest BCUT2D eigenvalue weighted by Gasteiger charge is -2.10. The number of nitrogens with one attached hydrogen (secondary N) is 1. The molecule has 0 aliphatic rings. The zero-order valence-electron chi connectivity index (χ0n) is 10.6. The first-order valence-corrected chi connectivity index (χ1v) is 6.73. The molecule has 5 heteroatoms. The maximum Gasteiger partial charge on any atom is 0.174 e. The van der Waals surface area contributed by atoms with E-state index in [0.717, 1.165) is 11.3 Å². The van der Waals surface area contributed by atoms with E-state index >= 15 is 0 Å². The normalized spacial score (nSPS) is 9.85. The summed E-state index contributed by atoms with van der Waals surface area (Å²) in [6, 6.07) is 14.7.